The van der Waals surface area contributed by atoms with Gasteiger partial charge in [-0.25, -0.2) is 0 Å². The molecule has 3 aromatic rings. The number of phenolic OH excluding ortho intramolecular Hbond substituents is 1. The van der Waals surface area contributed by atoms with Crippen LogP contribution in [-0.4, -0.2) is 34.6 Å². The zero-order chi connectivity index (χ0) is 18.2. The minimum absolute atomic E-state index is 0.304. The lowest BCUT2D eigenvalue weighted by Gasteiger charge is -2.05. The van der Waals surface area contributed by atoms with Crippen molar-refractivity contribution in [3.05, 3.63) is 77.5 Å². The fraction of sp³-hybridized carbons (Fsp3) is 0.286. The molecule has 0 saturated carbocycles. The molecule has 136 valence electrons. The zero-order valence-corrected chi connectivity index (χ0v) is 15.1. The van der Waals surface area contributed by atoms with Crippen molar-refractivity contribution in [3.8, 4) is 11.6 Å². The third kappa shape index (κ3) is 5.10. The minimum atomic E-state index is 0.304. The number of ether oxygens (including phenoxy) is 1. The van der Waals surface area contributed by atoms with Crippen LogP contribution in [0.1, 0.15) is 16.8 Å². The molecule has 0 radical (unpaired) electrons. The van der Waals surface area contributed by atoms with Crippen LogP contribution < -0.4 is 10.1 Å². The van der Waals surface area contributed by atoms with E-state index >= 15 is 0 Å². The molecule has 3 rings (SSSR count). The summed E-state index contributed by atoms with van der Waals surface area (Å²) in [6.07, 6.45) is 1.63. The van der Waals surface area contributed by atoms with Gasteiger partial charge in [0.25, 0.3) is 0 Å². The topological polar surface area (TPSA) is 59.3 Å². The van der Waals surface area contributed by atoms with Crippen LogP contribution in [0.25, 0.3) is 0 Å². The van der Waals surface area contributed by atoms with E-state index < -0.39 is 0 Å². The third-order valence-corrected chi connectivity index (χ3v) is 4.28. The molecule has 0 amide bonds. The Balaban J connectivity index is 1.41. The molecule has 0 atom stereocenters. The lowest BCUT2D eigenvalue weighted by molar-refractivity contribution is 0.300. The largest absolute Gasteiger partial charge is 0.508 e. The van der Waals surface area contributed by atoms with Crippen LogP contribution in [0.2, 0.25) is 0 Å². The van der Waals surface area contributed by atoms with Crippen LogP contribution in [0.15, 0.2) is 60.7 Å². The molecular weight excluding hydrogens is 326 g/mol. The van der Waals surface area contributed by atoms with Crippen molar-refractivity contribution in [2.75, 3.05) is 19.7 Å². The Morgan fingerprint density at radius 3 is 2.62 bits per heavy atom. The van der Waals surface area contributed by atoms with Gasteiger partial charge in [-0.2, -0.15) is 0 Å². The van der Waals surface area contributed by atoms with Gasteiger partial charge in [0, 0.05) is 31.8 Å². The fourth-order valence-electron chi connectivity index (χ4n) is 2.80. The Morgan fingerprint density at radius 1 is 1.04 bits per heavy atom. The number of nitrogens with zero attached hydrogens (tertiary/aromatic N) is 2. The fourth-order valence-corrected chi connectivity index (χ4v) is 2.80. The van der Waals surface area contributed by atoms with Crippen molar-refractivity contribution < 1.29 is 9.84 Å². The molecule has 2 N–H and O–H groups in total. The lowest BCUT2D eigenvalue weighted by Crippen LogP contribution is -2.23. The number of aryl methyl sites for hydroxylation is 1. The van der Waals surface area contributed by atoms with Crippen molar-refractivity contribution in [2.45, 2.75) is 12.8 Å². The van der Waals surface area contributed by atoms with Gasteiger partial charge in [-0.05, 0) is 30.2 Å². The van der Waals surface area contributed by atoms with Crippen molar-refractivity contribution in [3.63, 3.8) is 0 Å². The van der Waals surface area contributed by atoms with E-state index in [-0.39, 0.29) is 0 Å². The molecule has 0 aliphatic heterocycles. The van der Waals surface area contributed by atoms with Crippen molar-refractivity contribution in [2.24, 2.45) is 7.05 Å². The molecule has 1 aromatic heterocycles. The number of hydrogen-bond donors (Lipinski definition) is 2. The van der Waals surface area contributed by atoms with Gasteiger partial charge in [0.05, 0.1) is 0 Å². The first-order chi connectivity index (χ1) is 12.7. The molecule has 5 nitrogen and oxygen atoms in total. The van der Waals surface area contributed by atoms with Crippen LogP contribution in [-0.2, 0) is 19.9 Å². The van der Waals surface area contributed by atoms with E-state index in [1.807, 2.05) is 37.4 Å². The molecule has 0 aliphatic rings. The summed E-state index contributed by atoms with van der Waals surface area (Å²) >= 11 is 0. The minimum Gasteiger partial charge on any atom is -0.508 e. The molecule has 26 heavy (non-hydrogen) atoms. The monoisotopic (exact) mass is 351 g/mol. The van der Waals surface area contributed by atoms with Gasteiger partial charge >= 0.3 is 0 Å². The van der Waals surface area contributed by atoms with Gasteiger partial charge in [-0.1, -0.05) is 48.5 Å². The summed E-state index contributed by atoms with van der Waals surface area (Å²) in [7, 11) is 1.89. The van der Waals surface area contributed by atoms with E-state index in [1.165, 1.54) is 5.56 Å². The maximum absolute atomic E-state index is 9.91. The van der Waals surface area contributed by atoms with Crippen molar-refractivity contribution >= 4 is 0 Å². The highest BCUT2D eigenvalue weighted by Crippen LogP contribution is 2.21. The number of benzene rings is 2. The molecule has 5 heteroatoms. The number of nitrogens with one attached hydrogen (secondary N) is 1. The van der Waals surface area contributed by atoms with E-state index in [1.54, 1.807) is 10.7 Å². The van der Waals surface area contributed by atoms with Gasteiger partial charge < -0.3 is 15.2 Å². The Bertz CT molecular complexity index is 815. The summed E-state index contributed by atoms with van der Waals surface area (Å²) < 4.78 is 7.53. The standard InChI is InChI=1S/C21H25N3O2/c1-24-19(15-18-9-5-6-10-20(18)25)16-21(23-24)26-14-13-22-12-11-17-7-3-2-4-8-17/h2-10,16,22,25H,11-15H2,1H3. The second-order valence-corrected chi connectivity index (χ2v) is 6.24. The molecule has 0 unspecified atom stereocenters. The number of phenols is 1. The molecule has 0 aliphatic carbocycles. The van der Waals surface area contributed by atoms with Crippen LogP contribution in [0.5, 0.6) is 11.6 Å². The van der Waals surface area contributed by atoms with Gasteiger partial charge in [0.1, 0.15) is 12.4 Å². The molecular formula is C21H25N3O2. The van der Waals surface area contributed by atoms with Crippen LogP contribution in [0, 0.1) is 0 Å². The molecule has 2 aromatic carbocycles. The normalized spacial score (nSPS) is 10.8. The van der Waals surface area contributed by atoms with E-state index in [4.69, 9.17) is 4.74 Å². The smallest absolute Gasteiger partial charge is 0.233 e. The summed E-state index contributed by atoms with van der Waals surface area (Å²) in [6.45, 7) is 2.27. The maximum Gasteiger partial charge on any atom is 0.233 e. The Morgan fingerprint density at radius 2 is 1.81 bits per heavy atom. The lowest BCUT2D eigenvalue weighted by atomic mass is 10.1. The highest BCUT2D eigenvalue weighted by atomic mass is 16.5. The molecule has 0 saturated heterocycles. The second kappa shape index (κ2) is 9.06. The Labute approximate surface area is 154 Å². The zero-order valence-electron chi connectivity index (χ0n) is 15.1. The predicted molar refractivity (Wildman–Crippen MR) is 103 cm³/mol. The maximum atomic E-state index is 9.91. The third-order valence-electron chi connectivity index (χ3n) is 4.28. The molecule has 1 heterocycles. The highest BCUT2D eigenvalue weighted by Gasteiger charge is 2.09. The quantitative estimate of drug-likeness (QED) is 0.582. The molecule has 0 spiro atoms. The van der Waals surface area contributed by atoms with Gasteiger partial charge in [-0.3, -0.25) is 4.68 Å². The second-order valence-electron chi connectivity index (χ2n) is 6.24. The van der Waals surface area contributed by atoms with Crippen molar-refractivity contribution in [1.29, 1.82) is 0 Å². The summed E-state index contributed by atoms with van der Waals surface area (Å²) in [5.41, 5.74) is 3.21. The van der Waals surface area contributed by atoms with Crippen LogP contribution in [0.3, 0.4) is 0 Å². The number of para-hydroxylation sites is 1. The first-order valence-electron chi connectivity index (χ1n) is 8.89. The highest BCUT2D eigenvalue weighted by molar-refractivity contribution is 5.35. The van der Waals surface area contributed by atoms with Crippen LogP contribution >= 0.6 is 0 Å². The van der Waals surface area contributed by atoms with Gasteiger partial charge in [0.15, 0.2) is 0 Å². The van der Waals surface area contributed by atoms with Gasteiger partial charge in [0.2, 0.25) is 5.88 Å². The summed E-state index contributed by atoms with van der Waals surface area (Å²) in [5, 5.41) is 17.7. The number of hydrogen-bond acceptors (Lipinski definition) is 4. The first-order valence-corrected chi connectivity index (χ1v) is 8.89. The predicted octanol–water partition coefficient (Wildman–Crippen LogP) is 2.93. The van der Waals surface area contributed by atoms with Gasteiger partial charge in [-0.15, -0.1) is 5.10 Å². The number of aromatic nitrogens is 2. The van der Waals surface area contributed by atoms with E-state index in [2.05, 4.69) is 34.7 Å². The Kier molecular flexibility index (Phi) is 6.28. The van der Waals surface area contributed by atoms with E-state index in [9.17, 15) is 5.11 Å². The average molecular weight is 351 g/mol. The SMILES string of the molecule is Cn1nc(OCCNCCc2ccccc2)cc1Cc1ccccc1O. The summed E-state index contributed by atoms with van der Waals surface area (Å²) in [5.74, 6) is 0.918. The summed E-state index contributed by atoms with van der Waals surface area (Å²) in [4.78, 5) is 0. The average Bonchev–Trinajstić information content (AvgIpc) is 3.00. The van der Waals surface area contributed by atoms with E-state index in [0.29, 0.717) is 24.7 Å². The number of aromatic hydroxyl groups is 1. The first kappa shape index (κ1) is 18.0. The number of rotatable bonds is 9. The molecule has 0 fully saturated rings. The van der Waals surface area contributed by atoms with E-state index in [0.717, 1.165) is 30.8 Å². The van der Waals surface area contributed by atoms with Crippen molar-refractivity contribution in [1.82, 2.24) is 15.1 Å². The summed E-state index contributed by atoms with van der Waals surface area (Å²) in [6, 6.07) is 19.7. The Hall–Kier alpha value is -2.79. The molecule has 0 bridgehead atoms. The van der Waals surface area contributed by atoms with Crippen LogP contribution in [0.4, 0.5) is 0 Å².